The number of terminal acetylenes is 1. The van der Waals surface area contributed by atoms with Crippen LogP contribution in [0.5, 0.6) is 0 Å². The number of carbonyl (C=O) groups is 1. The third kappa shape index (κ3) is 4.34. The standard InChI is InChI=1S/C18H16N2O/c1-2-14-3-5-15(6-4-14)7-8-16-9-11-17(12-10-16)20-18(21)13-19/h1,3-12H,13,19H2,(H,20,21). The van der Waals surface area contributed by atoms with Gasteiger partial charge in [-0.1, -0.05) is 42.3 Å². The summed E-state index contributed by atoms with van der Waals surface area (Å²) >= 11 is 0. The molecule has 0 radical (unpaired) electrons. The zero-order chi connectivity index (χ0) is 15.1. The summed E-state index contributed by atoms with van der Waals surface area (Å²) in [6.07, 6.45) is 9.32. The molecule has 0 aliphatic rings. The first-order valence-electron chi connectivity index (χ1n) is 6.56. The van der Waals surface area contributed by atoms with Gasteiger partial charge < -0.3 is 11.1 Å². The molecule has 0 aliphatic heterocycles. The first-order valence-corrected chi connectivity index (χ1v) is 6.56. The van der Waals surface area contributed by atoms with Gasteiger partial charge in [-0.2, -0.15) is 0 Å². The van der Waals surface area contributed by atoms with Crippen LogP contribution in [0.2, 0.25) is 0 Å². The molecule has 0 saturated heterocycles. The Bertz CT molecular complexity index is 677. The Kier molecular flexibility index (Phi) is 4.92. The molecule has 21 heavy (non-hydrogen) atoms. The lowest BCUT2D eigenvalue weighted by Crippen LogP contribution is -2.21. The van der Waals surface area contributed by atoms with E-state index in [9.17, 15) is 4.79 Å². The van der Waals surface area contributed by atoms with E-state index >= 15 is 0 Å². The second-order valence-corrected chi connectivity index (χ2v) is 4.47. The molecule has 0 heterocycles. The second-order valence-electron chi connectivity index (χ2n) is 4.47. The lowest BCUT2D eigenvalue weighted by Gasteiger charge is -2.03. The maximum atomic E-state index is 11.2. The van der Waals surface area contributed by atoms with E-state index in [0.29, 0.717) is 0 Å². The summed E-state index contributed by atoms with van der Waals surface area (Å²) in [5.41, 5.74) is 8.97. The fourth-order valence-electron chi connectivity index (χ4n) is 1.77. The van der Waals surface area contributed by atoms with Gasteiger partial charge in [0.25, 0.3) is 0 Å². The van der Waals surface area contributed by atoms with Crippen LogP contribution >= 0.6 is 0 Å². The minimum Gasteiger partial charge on any atom is -0.325 e. The van der Waals surface area contributed by atoms with Crippen molar-refractivity contribution in [3.63, 3.8) is 0 Å². The van der Waals surface area contributed by atoms with Gasteiger partial charge in [-0.25, -0.2) is 0 Å². The summed E-state index contributed by atoms with van der Waals surface area (Å²) in [6, 6.07) is 15.3. The summed E-state index contributed by atoms with van der Waals surface area (Å²) in [5.74, 6) is 2.39. The summed E-state index contributed by atoms with van der Waals surface area (Å²) in [6.45, 7) is -0.0185. The minimum atomic E-state index is -0.202. The van der Waals surface area contributed by atoms with Crippen LogP contribution in [-0.4, -0.2) is 12.5 Å². The Morgan fingerprint density at radius 2 is 1.57 bits per heavy atom. The number of amides is 1. The van der Waals surface area contributed by atoms with Gasteiger partial charge in [0.2, 0.25) is 5.91 Å². The molecule has 0 unspecified atom stereocenters. The first-order chi connectivity index (χ1) is 10.2. The van der Waals surface area contributed by atoms with Crippen molar-refractivity contribution in [1.82, 2.24) is 0 Å². The molecule has 3 N–H and O–H groups in total. The van der Waals surface area contributed by atoms with Crippen molar-refractivity contribution in [3.05, 3.63) is 65.2 Å². The molecule has 104 valence electrons. The Hall–Kier alpha value is -2.83. The maximum Gasteiger partial charge on any atom is 0.238 e. The van der Waals surface area contributed by atoms with Gasteiger partial charge >= 0.3 is 0 Å². The topological polar surface area (TPSA) is 55.1 Å². The summed E-state index contributed by atoms with van der Waals surface area (Å²) in [5, 5.41) is 2.70. The van der Waals surface area contributed by atoms with Gasteiger partial charge in [-0.3, -0.25) is 4.79 Å². The van der Waals surface area contributed by atoms with E-state index < -0.39 is 0 Å². The third-order valence-electron chi connectivity index (χ3n) is 2.93. The van der Waals surface area contributed by atoms with Crippen molar-refractivity contribution in [2.75, 3.05) is 11.9 Å². The van der Waals surface area contributed by atoms with Crippen molar-refractivity contribution >= 4 is 23.7 Å². The van der Waals surface area contributed by atoms with Crippen molar-refractivity contribution in [3.8, 4) is 12.3 Å². The minimum absolute atomic E-state index is 0.0185. The molecule has 0 spiro atoms. The number of carbonyl (C=O) groups excluding carboxylic acids is 1. The maximum absolute atomic E-state index is 11.2. The van der Waals surface area contributed by atoms with Crippen LogP contribution in [0.15, 0.2) is 48.5 Å². The van der Waals surface area contributed by atoms with E-state index in [1.807, 2.05) is 60.7 Å². The monoisotopic (exact) mass is 276 g/mol. The molecule has 3 heteroatoms. The first kappa shape index (κ1) is 14.6. The zero-order valence-electron chi connectivity index (χ0n) is 11.5. The van der Waals surface area contributed by atoms with Crippen molar-refractivity contribution in [1.29, 1.82) is 0 Å². The van der Waals surface area contributed by atoms with Crippen LogP contribution in [-0.2, 0) is 4.79 Å². The number of rotatable bonds is 4. The summed E-state index contributed by atoms with van der Waals surface area (Å²) in [4.78, 5) is 11.2. The molecule has 3 nitrogen and oxygen atoms in total. The highest BCUT2D eigenvalue weighted by Crippen LogP contribution is 2.13. The van der Waals surface area contributed by atoms with Crippen LogP contribution in [0, 0.1) is 12.3 Å². The van der Waals surface area contributed by atoms with Gasteiger partial charge in [-0.05, 0) is 35.4 Å². The molecule has 2 rings (SSSR count). The summed E-state index contributed by atoms with van der Waals surface area (Å²) < 4.78 is 0. The second kappa shape index (κ2) is 7.09. The number of nitrogens with one attached hydrogen (secondary N) is 1. The SMILES string of the molecule is C#Cc1ccc(C=Cc2ccc(NC(=O)CN)cc2)cc1. The Labute approximate surface area is 124 Å². The van der Waals surface area contributed by atoms with Gasteiger partial charge in [0.15, 0.2) is 0 Å². The van der Waals surface area contributed by atoms with Crippen LogP contribution < -0.4 is 11.1 Å². The molecule has 0 bridgehead atoms. The number of anilines is 1. The van der Waals surface area contributed by atoms with Crippen LogP contribution in [0.25, 0.3) is 12.2 Å². The smallest absolute Gasteiger partial charge is 0.238 e. The highest BCUT2D eigenvalue weighted by Gasteiger charge is 1.98. The number of hydrogen-bond donors (Lipinski definition) is 2. The number of nitrogens with two attached hydrogens (primary N) is 1. The Balaban J connectivity index is 2.03. The predicted molar refractivity (Wildman–Crippen MR) is 87.4 cm³/mol. The van der Waals surface area contributed by atoms with E-state index in [1.54, 1.807) is 0 Å². The van der Waals surface area contributed by atoms with Crippen LogP contribution in [0.4, 0.5) is 5.69 Å². The fraction of sp³-hybridized carbons (Fsp3) is 0.0556. The molecule has 1 amide bonds. The highest BCUT2D eigenvalue weighted by molar-refractivity contribution is 5.92. The zero-order valence-corrected chi connectivity index (χ0v) is 11.5. The van der Waals surface area contributed by atoms with E-state index in [1.165, 1.54) is 0 Å². The van der Waals surface area contributed by atoms with Crippen molar-refractivity contribution in [2.45, 2.75) is 0 Å². The molecule has 0 aromatic heterocycles. The normalized spacial score (nSPS) is 10.3. The van der Waals surface area contributed by atoms with Crippen LogP contribution in [0.1, 0.15) is 16.7 Å². The number of benzene rings is 2. The predicted octanol–water partition coefficient (Wildman–Crippen LogP) is 2.74. The van der Waals surface area contributed by atoms with E-state index in [2.05, 4.69) is 11.2 Å². The molecule has 0 saturated carbocycles. The average Bonchev–Trinajstić information content (AvgIpc) is 2.54. The Morgan fingerprint density at radius 1 is 1.05 bits per heavy atom. The fourth-order valence-corrected chi connectivity index (χ4v) is 1.77. The third-order valence-corrected chi connectivity index (χ3v) is 2.93. The highest BCUT2D eigenvalue weighted by atomic mass is 16.1. The summed E-state index contributed by atoms with van der Waals surface area (Å²) in [7, 11) is 0. The molecular weight excluding hydrogens is 260 g/mol. The van der Waals surface area contributed by atoms with E-state index in [0.717, 1.165) is 22.4 Å². The lowest BCUT2D eigenvalue weighted by atomic mass is 10.1. The average molecular weight is 276 g/mol. The van der Waals surface area contributed by atoms with Gasteiger partial charge in [0.1, 0.15) is 0 Å². The van der Waals surface area contributed by atoms with Gasteiger partial charge in [-0.15, -0.1) is 6.42 Å². The van der Waals surface area contributed by atoms with E-state index in [-0.39, 0.29) is 12.5 Å². The lowest BCUT2D eigenvalue weighted by molar-refractivity contribution is -0.114. The largest absolute Gasteiger partial charge is 0.325 e. The molecular formula is C18H16N2O. The van der Waals surface area contributed by atoms with Crippen LogP contribution in [0.3, 0.4) is 0 Å². The molecule has 0 fully saturated rings. The van der Waals surface area contributed by atoms with Gasteiger partial charge in [0.05, 0.1) is 6.54 Å². The molecule has 0 atom stereocenters. The van der Waals surface area contributed by atoms with Gasteiger partial charge in [0, 0.05) is 11.3 Å². The van der Waals surface area contributed by atoms with E-state index in [4.69, 9.17) is 12.2 Å². The number of hydrogen-bond acceptors (Lipinski definition) is 2. The Morgan fingerprint density at radius 3 is 2.05 bits per heavy atom. The molecule has 2 aromatic carbocycles. The molecule has 0 aliphatic carbocycles. The quantitative estimate of drug-likeness (QED) is 0.666. The van der Waals surface area contributed by atoms with Crippen molar-refractivity contribution in [2.24, 2.45) is 5.73 Å². The molecule has 2 aromatic rings. The van der Waals surface area contributed by atoms with Crippen molar-refractivity contribution < 1.29 is 4.79 Å².